The summed E-state index contributed by atoms with van der Waals surface area (Å²) in [5.41, 5.74) is 8.50. The molecule has 0 aromatic heterocycles. The maximum absolute atomic E-state index is 13.0. The van der Waals surface area contributed by atoms with Crippen molar-refractivity contribution in [1.82, 2.24) is 0 Å². The molecule has 2 atom stereocenters. The van der Waals surface area contributed by atoms with Gasteiger partial charge in [0.1, 0.15) is 5.78 Å². The van der Waals surface area contributed by atoms with Crippen molar-refractivity contribution in [2.45, 2.75) is 18.4 Å². The largest absolute Gasteiger partial charge is 0.371 e. The minimum Gasteiger partial charge on any atom is -0.371 e. The topological polar surface area (TPSA) is 72.2 Å². The molecular formula is C25H22N2O2. The minimum absolute atomic E-state index is 0.00740. The number of hydrogen-bond acceptors (Lipinski definition) is 3. The monoisotopic (exact) mass is 382 g/mol. The molecule has 4 rings (SSSR count). The fraction of sp³-hybridized carbons (Fsp3) is 0.120. The number of fused-ring (bicyclic) bond motifs is 1. The number of para-hydroxylation sites is 1. The van der Waals surface area contributed by atoms with E-state index >= 15 is 0 Å². The quantitative estimate of drug-likeness (QED) is 0.693. The molecule has 3 N–H and O–H groups in total. The van der Waals surface area contributed by atoms with E-state index in [9.17, 15) is 9.59 Å². The Balaban J connectivity index is 2.05. The predicted octanol–water partition coefficient (Wildman–Crippen LogP) is 4.25. The van der Waals surface area contributed by atoms with E-state index in [1.165, 1.54) is 0 Å². The summed E-state index contributed by atoms with van der Waals surface area (Å²) in [6.45, 7) is 1.59. The summed E-state index contributed by atoms with van der Waals surface area (Å²) in [4.78, 5) is 25.4. The van der Waals surface area contributed by atoms with Gasteiger partial charge < -0.3 is 11.1 Å². The van der Waals surface area contributed by atoms with Gasteiger partial charge in [-0.3, -0.25) is 9.59 Å². The first-order valence-electron chi connectivity index (χ1n) is 9.54. The minimum atomic E-state index is -0.951. The van der Waals surface area contributed by atoms with Crippen LogP contribution in [0, 0.1) is 0 Å². The molecule has 0 saturated heterocycles. The summed E-state index contributed by atoms with van der Waals surface area (Å²) in [6.07, 6.45) is 1.83. The highest BCUT2D eigenvalue weighted by Gasteiger charge is 2.45. The van der Waals surface area contributed by atoms with Crippen molar-refractivity contribution in [3.8, 4) is 0 Å². The highest BCUT2D eigenvalue weighted by Crippen LogP contribution is 2.47. The van der Waals surface area contributed by atoms with E-state index in [0.29, 0.717) is 5.57 Å². The van der Waals surface area contributed by atoms with Crippen molar-refractivity contribution in [1.29, 1.82) is 0 Å². The van der Waals surface area contributed by atoms with Gasteiger partial charge in [-0.1, -0.05) is 78.9 Å². The molecular weight excluding hydrogens is 360 g/mol. The summed E-state index contributed by atoms with van der Waals surface area (Å²) < 4.78 is 0. The molecule has 4 heteroatoms. The second-order valence-electron chi connectivity index (χ2n) is 7.28. The lowest BCUT2D eigenvalue weighted by atomic mass is 9.69. The van der Waals surface area contributed by atoms with Crippen LogP contribution >= 0.6 is 0 Å². The van der Waals surface area contributed by atoms with Crippen LogP contribution in [0.15, 0.2) is 91.0 Å². The van der Waals surface area contributed by atoms with Gasteiger partial charge in [0.25, 0.3) is 0 Å². The Kier molecular flexibility index (Phi) is 4.77. The predicted molar refractivity (Wildman–Crippen MR) is 115 cm³/mol. The molecule has 1 aliphatic heterocycles. The van der Waals surface area contributed by atoms with Crippen LogP contribution in [0.3, 0.4) is 0 Å². The molecule has 3 aromatic carbocycles. The Morgan fingerprint density at radius 1 is 0.862 bits per heavy atom. The molecule has 2 unspecified atom stereocenters. The number of nitrogens with one attached hydrogen (secondary N) is 1. The van der Waals surface area contributed by atoms with Gasteiger partial charge in [0, 0.05) is 16.8 Å². The molecule has 0 bridgehead atoms. The highest BCUT2D eigenvalue weighted by molar-refractivity contribution is 6.21. The Hall–Kier alpha value is -3.66. The molecule has 0 saturated carbocycles. The van der Waals surface area contributed by atoms with Crippen LogP contribution in [-0.2, 0) is 15.1 Å². The molecule has 0 spiro atoms. The Morgan fingerprint density at radius 2 is 1.45 bits per heavy atom. The van der Waals surface area contributed by atoms with Crippen LogP contribution in [-0.4, -0.2) is 11.7 Å². The molecule has 0 fully saturated rings. The van der Waals surface area contributed by atoms with Gasteiger partial charge in [0.05, 0.1) is 11.5 Å². The number of benzene rings is 3. The first-order chi connectivity index (χ1) is 14.0. The van der Waals surface area contributed by atoms with Gasteiger partial charge in [-0.2, -0.15) is 0 Å². The SMILES string of the molecule is CC(=O)C(c1ccccc1)C1(c2ccccc2)C=C(C(N)=O)c2ccccc2N1. The lowest BCUT2D eigenvalue weighted by Gasteiger charge is -2.43. The molecule has 3 aromatic rings. The van der Waals surface area contributed by atoms with Gasteiger partial charge in [0.2, 0.25) is 5.91 Å². The van der Waals surface area contributed by atoms with Gasteiger partial charge in [-0.05, 0) is 30.2 Å². The van der Waals surface area contributed by atoms with E-state index < -0.39 is 17.4 Å². The van der Waals surface area contributed by atoms with Crippen LogP contribution in [0.5, 0.6) is 0 Å². The zero-order valence-corrected chi connectivity index (χ0v) is 16.1. The third-order valence-corrected chi connectivity index (χ3v) is 5.44. The summed E-state index contributed by atoms with van der Waals surface area (Å²) in [6, 6.07) is 26.9. The molecule has 0 aliphatic carbocycles. The molecule has 1 amide bonds. The number of Topliss-reactive ketones (excluding diaryl/α,β-unsaturated/α-hetero) is 1. The number of carbonyl (C=O) groups excluding carboxylic acids is 2. The smallest absolute Gasteiger partial charge is 0.249 e. The van der Waals surface area contributed by atoms with Gasteiger partial charge in [0.15, 0.2) is 0 Å². The van der Waals surface area contributed by atoms with Crippen molar-refractivity contribution in [3.63, 3.8) is 0 Å². The van der Waals surface area contributed by atoms with E-state index in [4.69, 9.17) is 5.73 Å². The van der Waals surface area contributed by atoms with Crippen LogP contribution in [0.25, 0.3) is 5.57 Å². The third-order valence-electron chi connectivity index (χ3n) is 5.44. The van der Waals surface area contributed by atoms with Crippen LogP contribution in [0.2, 0.25) is 0 Å². The summed E-state index contributed by atoms with van der Waals surface area (Å²) in [7, 11) is 0. The van der Waals surface area contributed by atoms with Gasteiger partial charge in [-0.25, -0.2) is 0 Å². The second kappa shape index (κ2) is 7.40. The van der Waals surface area contributed by atoms with E-state index in [2.05, 4.69) is 5.32 Å². The number of hydrogen-bond donors (Lipinski definition) is 2. The van der Waals surface area contributed by atoms with Crippen LogP contribution in [0.4, 0.5) is 5.69 Å². The Labute approximate surface area is 170 Å². The highest BCUT2D eigenvalue weighted by atomic mass is 16.1. The van der Waals surface area contributed by atoms with Crippen molar-refractivity contribution < 1.29 is 9.59 Å². The zero-order valence-electron chi connectivity index (χ0n) is 16.1. The van der Waals surface area contributed by atoms with E-state index in [1.54, 1.807) is 6.92 Å². The summed E-state index contributed by atoms with van der Waals surface area (Å²) in [5, 5.41) is 3.59. The van der Waals surface area contributed by atoms with E-state index in [0.717, 1.165) is 22.4 Å². The lowest BCUT2D eigenvalue weighted by molar-refractivity contribution is -0.119. The second-order valence-corrected chi connectivity index (χ2v) is 7.28. The average molecular weight is 382 g/mol. The first-order valence-corrected chi connectivity index (χ1v) is 9.54. The van der Waals surface area contributed by atoms with Crippen LogP contribution in [0.1, 0.15) is 29.5 Å². The van der Waals surface area contributed by atoms with Crippen molar-refractivity contribution >= 4 is 23.0 Å². The number of ketones is 1. The van der Waals surface area contributed by atoms with Crippen molar-refractivity contribution in [3.05, 3.63) is 108 Å². The first kappa shape index (κ1) is 18.7. The number of rotatable bonds is 5. The average Bonchev–Trinajstić information content (AvgIpc) is 2.74. The third kappa shape index (κ3) is 3.23. The number of primary amides is 1. The van der Waals surface area contributed by atoms with E-state index in [1.807, 2.05) is 91.0 Å². The molecule has 144 valence electrons. The van der Waals surface area contributed by atoms with Gasteiger partial charge >= 0.3 is 0 Å². The standard InChI is InChI=1S/C25H22N2O2/c1-17(28)23(18-10-4-2-5-11-18)25(19-12-6-3-7-13-19)16-21(24(26)29)20-14-8-9-15-22(20)27-25/h2-16,23,27H,1H3,(H2,26,29). The van der Waals surface area contributed by atoms with Gasteiger partial charge in [-0.15, -0.1) is 0 Å². The molecule has 0 radical (unpaired) electrons. The number of nitrogens with two attached hydrogens (primary N) is 1. The molecule has 29 heavy (non-hydrogen) atoms. The number of amides is 1. The maximum atomic E-state index is 13.0. The summed E-state index contributed by atoms with van der Waals surface area (Å²) in [5.74, 6) is -1.07. The molecule has 1 aliphatic rings. The van der Waals surface area contributed by atoms with Crippen molar-refractivity contribution in [2.75, 3.05) is 5.32 Å². The van der Waals surface area contributed by atoms with Crippen LogP contribution < -0.4 is 11.1 Å². The summed E-state index contributed by atoms with van der Waals surface area (Å²) >= 11 is 0. The molecule has 4 nitrogen and oxygen atoms in total. The fourth-order valence-electron chi connectivity index (χ4n) is 4.25. The maximum Gasteiger partial charge on any atom is 0.249 e. The Bertz CT molecular complexity index is 1090. The lowest BCUT2D eigenvalue weighted by Crippen LogP contribution is -2.45. The zero-order chi connectivity index (χ0) is 20.4. The fourth-order valence-corrected chi connectivity index (χ4v) is 4.25. The molecule has 1 heterocycles. The van der Waals surface area contributed by atoms with Crippen molar-refractivity contribution in [2.24, 2.45) is 5.73 Å². The van der Waals surface area contributed by atoms with E-state index in [-0.39, 0.29) is 5.78 Å². The Morgan fingerprint density at radius 3 is 2.07 bits per heavy atom. The number of anilines is 1. The normalized spacial score (nSPS) is 18.7. The number of carbonyl (C=O) groups is 2.